The molecule has 1 unspecified atom stereocenters. The van der Waals surface area contributed by atoms with Gasteiger partial charge in [0.1, 0.15) is 0 Å². The molecular formula is C10H11F3N2O2. The van der Waals surface area contributed by atoms with E-state index in [2.05, 4.69) is 4.98 Å². The van der Waals surface area contributed by atoms with Crippen LogP contribution in [0.1, 0.15) is 24.2 Å². The summed E-state index contributed by atoms with van der Waals surface area (Å²) < 4.78 is 39.1. The molecule has 17 heavy (non-hydrogen) atoms. The van der Waals surface area contributed by atoms with Gasteiger partial charge in [0.2, 0.25) is 0 Å². The summed E-state index contributed by atoms with van der Waals surface area (Å²) in [6, 6.07) is 0. The molecule has 2 rings (SSSR count). The quantitative estimate of drug-likeness (QED) is 0.870. The van der Waals surface area contributed by atoms with Gasteiger partial charge in [-0.2, -0.15) is 13.2 Å². The van der Waals surface area contributed by atoms with Crippen LogP contribution in [-0.4, -0.2) is 20.6 Å². The van der Waals surface area contributed by atoms with Gasteiger partial charge in [0, 0.05) is 18.7 Å². The molecule has 1 aliphatic heterocycles. The predicted molar refractivity (Wildman–Crippen MR) is 51.3 cm³/mol. The molecule has 0 saturated heterocycles. The fourth-order valence-corrected chi connectivity index (χ4v) is 2.19. The molecule has 1 aromatic heterocycles. The standard InChI is InChI=1S/C10H11F3N2O2/c11-10(12,13)9-7-2-1-6(3-8(16)17)4-15(7)5-14-9/h5-6H,1-4H2,(H,16,17). The Kier molecular flexibility index (Phi) is 2.84. The van der Waals surface area contributed by atoms with Crippen LogP contribution in [-0.2, 0) is 23.9 Å². The minimum Gasteiger partial charge on any atom is -0.481 e. The molecule has 0 saturated carbocycles. The smallest absolute Gasteiger partial charge is 0.435 e. The first kappa shape index (κ1) is 11.9. The van der Waals surface area contributed by atoms with E-state index in [0.717, 1.165) is 6.33 Å². The molecule has 1 aromatic rings. The topological polar surface area (TPSA) is 55.1 Å². The molecule has 4 nitrogen and oxygen atoms in total. The lowest BCUT2D eigenvalue weighted by Crippen LogP contribution is -2.23. The van der Waals surface area contributed by atoms with E-state index in [1.165, 1.54) is 4.57 Å². The van der Waals surface area contributed by atoms with Crippen molar-refractivity contribution in [2.45, 2.75) is 32.0 Å². The average molecular weight is 248 g/mol. The van der Waals surface area contributed by atoms with E-state index >= 15 is 0 Å². The number of hydrogen-bond donors (Lipinski definition) is 1. The van der Waals surface area contributed by atoms with E-state index in [4.69, 9.17) is 5.11 Å². The number of rotatable bonds is 2. The fraction of sp³-hybridized carbons (Fsp3) is 0.600. The second-order valence-electron chi connectivity index (χ2n) is 4.19. The van der Waals surface area contributed by atoms with Crippen molar-refractivity contribution in [3.05, 3.63) is 17.7 Å². The van der Waals surface area contributed by atoms with Gasteiger partial charge in [-0.1, -0.05) is 0 Å². The average Bonchev–Trinajstić information content (AvgIpc) is 2.58. The van der Waals surface area contributed by atoms with Crippen LogP contribution in [0.15, 0.2) is 6.33 Å². The van der Waals surface area contributed by atoms with Gasteiger partial charge >= 0.3 is 12.1 Å². The van der Waals surface area contributed by atoms with Crippen molar-refractivity contribution >= 4 is 5.97 Å². The predicted octanol–water partition coefficient (Wildman–Crippen LogP) is 1.94. The highest BCUT2D eigenvalue weighted by Gasteiger charge is 2.38. The second-order valence-corrected chi connectivity index (χ2v) is 4.19. The van der Waals surface area contributed by atoms with Crippen molar-refractivity contribution in [3.8, 4) is 0 Å². The molecule has 1 N–H and O–H groups in total. The van der Waals surface area contributed by atoms with Crippen LogP contribution in [0.4, 0.5) is 13.2 Å². The number of halogens is 3. The number of carboxylic acids is 1. The number of imidazole rings is 1. The maximum Gasteiger partial charge on any atom is 0.435 e. The summed E-state index contributed by atoms with van der Waals surface area (Å²) in [4.78, 5) is 13.9. The Hall–Kier alpha value is -1.53. The zero-order valence-electron chi connectivity index (χ0n) is 8.87. The Labute approximate surface area is 95.1 Å². The van der Waals surface area contributed by atoms with Crippen molar-refractivity contribution in [2.75, 3.05) is 0 Å². The first-order valence-corrected chi connectivity index (χ1v) is 5.21. The summed E-state index contributed by atoms with van der Waals surface area (Å²) in [6.07, 6.45) is -2.61. The van der Waals surface area contributed by atoms with E-state index in [1.807, 2.05) is 0 Å². The summed E-state index contributed by atoms with van der Waals surface area (Å²) >= 11 is 0. The van der Waals surface area contributed by atoms with Crippen LogP contribution in [0.2, 0.25) is 0 Å². The summed E-state index contributed by atoms with van der Waals surface area (Å²) in [5, 5.41) is 8.64. The maximum atomic E-state index is 12.5. The first-order valence-electron chi connectivity index (χ1n) is 5.21. The number of aliphatic carboxylic acids is 1. The summed E-state index contributed by atoms with van der Waals surface area (Å²) in [5.41, 5.74) is -0.676. The van der Waals surface area contributed by atoms with Gasteiger partial charge < -0.3 is 9.67 Å². The van der Waals surface area contributed by atoms with Gasteiger partial charge in [0.15, 0.2) is 5.69 Å². The third-order valence-corrected chi connectivity index (χ3v) is 2.92. The monoisotopic (exact) mass is 248 g/mol. The Morgan fingerprint density at radius 3 is 2.88 bits per heavy atom. The molecule has 7 heteroatoms. The molecule has 0 fully saturated rings. The molecule has 1 atom stereocenters. The van der Waals surface area contributed by atoms with Crippen LogP contribution < -0.4 is 0 Å². The molecule has 0 bridgehead atoms. The molecule has 0 aliphatic carbocycles. The third-order valence-electron chi connectivity index (χ3n) is 2.92. The van der Waals surface area contributed by atoms with Crippen LogP contribution in [0.3, 0.4) is 0 Å². The Morgan fingerprint density at radius 1 is 1.59 bits per heavy atom. The number of fused-ring (bicyclic) bond motifs is 1. The maximum absolute atomic E-state index is 12.5. The minimum absolute atomic E-state index is 0.0149. The zero-order valence-corrected chi connectivity index (χ0v) is 8.87. The molecule has 0 aromatic carbocycles. The number of nitrogens with zero attached hydrogens (tertiary/aromatic N) is 2. The molecule has 2 heterocycles. The molecule has 0 spiro atoms. The molecule has 94 valence electrons. The van der Waals surface area contributed by atoms with Crippen LogP contribution in [0.5, 0.6) is 0 Å². The molecule has 0 amide bonds. The lowest BCUT2D eigenvalue weighted by molar-refractivity contribution is -0.142. The van der Waals surface area contributed by atoms with Gasteiger partial charge in [-0.05, 0) is 18.8 Å². The van der Waals surface area contributed by atoms with Gasteiger partial charge in [0.05, 0.1) is 6.33 Å². The lowest BCUT2D eigenvalue weighted by Gasteiger charge is -2.23. The van der Waals surface area contributed by atoms with E-state index in [1.54, 1.807) is 0 Å². The molecular weight excluding hydrogens is 237 g/mol. The highest BCUT2D eigenvalue weighted by molar-refractivity contribution is 5.67. The number of carboxylic acid groups (broad SMARTS) is 1. The zero-order chi connectivity index (χ0) is 12.6. The first-order chi connectivity index (χ1) is 7.88. The third kappa shape index (κ3) is 2.42. The Balaban J connectivity index is 2.19. The Bertz CT molecular complexity index is 439. The van der Waals surface area contributed by atoms with E-state index < -0.39 is 17.8 Å². The highest BCUT2D eigenvalue weighted by Crippen LogP contribution is 2.34. The summed E-state index contributed by atoms with van der Waals surface area (Å²) in [6.45, 7) is 0.296. The fourth-order valence-electron chi connectivity index (χ4n) is 2.19. The Morgan fingerprint density at radius 2 is 2.29 bits per heavy atom. The van der Waals surface area contributed by atoms with Gasteiger partial charge in [-0.3, -0.25) is 4.79 Å². The SMILES string of the molecule is O=C(O)CC1CCc2c(C(F)(F)F)ncn2C1. The van der Waals surface area contributed by atoms with Crippen LogP contribution >= 0.6 is 0 Å². The van der Waals surface area contributed by atoms with Crippen molar-refractivity contribution in [1.29, 1.82) is 0 Å². The van der Waals surface area contributed by atoms with Crippen molar-refractivity contribution in [1.82, 2.24) is 9.55 Å². The normalized spacial score (nSPS) is 20.1. The van der Waals surface area contributed by atoms with Crippen LogP contribution in [0, 0.1) is 5.92 Å². The molecule has 0 radical (unpaired) electrons. The minimum atomic E-state index is -4.43. The van der Waals surface area contributed by atoms with Crippen molar-refractivity contribution in [3.63, 3.8) is 0 Å². The number of hydrogen-bond acceptors (Lipinski definition) is 2. The van der Waals surface area contributed by atoms with Crippen molar-refractivity contribution in [2.24, 2.45) is 5.92 Å². The molecule has 1 aliphatic rings. The van der Waals surface area contributed by atoms with E-state index in [9.17, 15) is 18.0 Å². The number of carbonyl (C=O) groups is 1. The summed E-state index contributed by atoms with van der Waals surface area (Å²) in [7, 11) is 0. The summed E-state index contributed by atoms with van der Waals surface area (Å²) in [5.74, 6) is -1.04. The van der Waals surface area contributed by atoms with Gasteiger partial charge in [0.25, 0.3) is 0 Å². The highest BCUT2D eigenvalue weighted by atomic mass is 19.4. The van der Waals surface area contributed by atoms with Gasteiger partial charge in [-0.25, -0.2) is 4.98 Å². The second kappa shape index (κ2) is 4.05. The largest absolute Gasteiger partial charge is 0.481 e. The van der Waals surface area contributed by atoms with Gasteiger partial charge in [-0.15, -0.1) is 0 Å². The van der Waals surface area contributed by atoms with Crippen LogP contribution in [0.25, 0.3) is 0 Å². The van der Waals surface area contributed by atoms with Crippen molar-refractivity contribution < 1.29 is 23.1 Å². The van der Waals surface area contributed by atoms with E-state index in [-0.39, 0.29) is 24.5 Å². The lowest BCUT2D eigenvalue weighted by atomic mass is 9.94. The van der Waals surface area contributed by atoms with E-state index in [0.29, 0.717) is 13.0 Å². The number of alkyl halides is 3. The number of aromatic nitrogens is 2.